The minimum Gasteiger partial charge on any atom is -0.341 e. The molecule has 0 bridgehead atoms. The number of hydrogen-bond donors (Lipinski definition) is 2. The van der Waals surface area contributed by atoms with Crippen LogP contribution in [0.15, 0.2) is 41.3 Å². The average Bonchev–Trinajstić information content (AvgIpc) is 2.51. The fourth-order valence-corrected chi connectivity index (χ4v) is 2.40. The smallest absolute Gasteiger partial charge is 0.313 e. The molecule has 0 saturated heterocycles. The van der Waals surface area contributed by atoms with Crippen molar-refractivity contribution in [2.75, 3.05) is 5.32 Å². The summed E-state index contributed by atoms with van der Waals surface area (Å²) in [4.78, 5) is 35.7. The lowest BCUT2D eigenvalue weighted by atomic mass is 10.1. The Bertz CT molecular complexity index is 851. The highest BCUT2D eigenvalue weighted by atomic mass is 35.5. The first-order valence-corrected chi connectivity index (χ1v) is 7.40. The van der Waals surface area contributed by atoms with Gasteiger partial charge >= 0.3 is 11.8 Å². The summed E-state index contributed by atoms with van der Waals surface area (Å²) in [6.07, 6.45) is 1.52. The van der Waals surface area contributed by atoms with Gasteiger partial charge in [-0.2, -0.15) is 0 Å². The van der Waals surface area contributed by atoms with Crippen molar-refractivity contribution in [3.05, 3.63) is 63.3 Å². The van der Waals surface area contributed by atoms with Crippen molar-refractivity contribution in [1.29, 1.82) is 0 Å². The Morgan fingerprint density at radius 2 is 1.96 bits per heavy atom. The van der Waals surface area contributed by atoms with Gasteiger partial charge in [-0.25, -0.2) is 4.39 Å². The molecule has 0 aliphatic carbocycles. The van der Waals surface area contributed by atoms with Crippen molar-refractivity contribution in [3.8, 4) is 0 Å². The minimum absolute atomic E-state index is 0.00684. The Labute approximate surface area is 142 Å². The van der Waals surface area contributed by atoms with Crippen LogP contribution >= 0.6 is 11.6 Å². The number of aryl methyl sites for hydroxylation is 1. The van der Waals surface area contributed by atoms with E-state index in [9.17, 15) is 18.8 Å². The van der Waals surface area contributed by atoms with Crippen LogP contribution in [0, 0.1) is 5.82 Å². The van der Waals surface area contributed by atoms with E-state index >= 15 is 0 Å². The SMILES string of the molecule is C[C@H](NC(=O)C(=O)Nc1cccn(C)c1=O)c1ccc(F)cc1Cl. The van der Waals surface area contributed by atoms with Crippen molar-refractivity contribution in [1.82, 2.24) is 9.88 Å². The van der Waals surface area contributed by atoms with E-state index in [1.54, 1.807) is 13.0 Å². The van der Waals surface area contributed by atoms with Crippen LogP contribution in [0.2, 0.25) is 5.02 Å². The number of anilines is 1. The summed E-state index contributed by atoms with van der Waals surface area (Å²) in [7, 11) is 1.52. The summed E-state index contributed by atoms with van der Waals surface area (Å²) in [5.74, 6) is -2.42. The van der Waals surface area contributed by atoms with Gasteiger partial charge in [0, 0.05) is 18.3 Å². The van der Waals surface area contributed by atoms with Gasteiger partial charge in [-0.1, -0.05) is 17.7 Å². The van der Waals surface area contributed by atoms with Gasteiger partial charge in [0.15, 0.2) is 0 Å². The lowest BCUT2D eigenvalue weighted by molar-refractivity contribution is -0.136. The molecule has 8 heteroatoms. The Morgan fingerprint density at radius 3 is 2.62 bits per heavy atom. The molecular formula is C16H15ClFN3O3. The molecule has 24 heavy (non-hydrogen) atoms. The summed E-state index contributed by atoms with van der Waals surface area (Å²) in [5.41, 5.74) is 0.0238. The lowest BCUT2D eigenvalue weighted by Gasteiger charge is -2.15. The van der Waals surface area contributed by atoms with Gasteiger partial charge in [0.25, 0.3) is 5.56 Å². The Kier molecular flexibility index (Phi) is 5.35. The molecule has 1 aromatic heterocycles. The third kappa shape index (κ3) is 3.99. The highest BCUT2D eigenvalue weighted by Gasteiger charge is 2.19. The molecule has 1 atom stereocenters. The second-order valence-corrected chi connectivity index (χ2v) is 5.56. The fraction of sp³-hybridized carbons (Fsp3) is 0.188. The normalized spacial score (nSPS) is 11.7. The molecule has 0 fully saturated rings. The average molecular weight is 352 g/mol. The predicted octanol–water partition coefficient (Wildman–Crippen LogP) is 1.99. The van der Waals surface area contributed by atoms with Crippen molar-refractivity contribution < 1.29 is 14.0 Å². The van der Waals surface area contributed by atoms with Gasteiger partial charge in [-0.3, -0.25) is 14.4 Å². The first-order valence-electron chi connectivity index (χ1n) is 7.02. The van der Waals surface area contributed by atoms with Crippen LogP contribution in [0.25, 0.3) is 0 Å². The molecule has 0 unspecified atom stereocenters. The number of carbonyl (C=O) groups excluding carboxylic acids is 2. The molecule has 0 aliphatic rings. The molecule has 1 aromatic carbocycles. The van der Waals surface area contributed by atoms with Crippen molar-refractivity contribution >= 4 is 29.1 Å². The van der Waals surface area contributed by atoms with Crippen LogP contribution in [0.1, 0.15) is 18.5 Å². The van der Waals surface area contributed by atoms with E-state index in [4.69, 9.17) is 11.6 Å². The highest BCUT2D eigenvalue weighted by Crippen LogP contribution is 2.23. The first kappa shape index (κ1) is 17.7. The third-order valence-corrected chi connectivity index (χ3v) is 3.68. The van der Waals surface area contributed by atoms with E-state index in [-0.39, 0.29) is 10.7 Å². The summed E-state index contributed by atoms with van der Waals surface area (Å²) in [6, 6.07) is 6.09. The largest absolute Gasteiger partial charge is 0.341 e. The zero-order valence-electron chi connectivity index (χ0n) is 13.0. The molecule has 0 radical (unpaired) electrons. The molecule has 1 heterocycles. The van der Waals surface area contributed by atoms with Crippen molar-refractivity contribution in [2.24, 2.45) is 7.05 Å². The molecule has 6 nitrogen and oxygen atoms in total. The number of aromatic nitrogens is 1. The second-order valence-electron chi connectivity index (χ2n) is 5.15. The van der Waals surface area contributed by atoms with Crippen molar-refractivity contribution in [3.63, 3.8) is 0 Å². The zero-order chi connectivity index (χ0) is 17.9. The van der Waals surface area contributed by atoms with Gasteiger partial charge in [-0.15, -0.1) is 0 Å². The minimum atomic E-state index is -0.983. The topological polar surface area (TPSA) is 80.2 Å². The fourth-order valence-electron chi connectivity index (χ4n) is 2.06. The number of nitrogens with zero attached hydrogens (tertiary/aromatic N) is 1. The van der Waals surface area contributed by atoms with E-state index in [0.29, 0.717) is 5.56 Å². The maximum atomic E-state index is 13.0. The Hall–Kier alpha value is -2.67. The molecular weight excluding hydrogens is 337 g/mol. The van der Waals surface area contributed by atoms with E-state index in [1.165, 1.54) is 36.0 Å². The van der Waals surface area contributed by atoms with E-state index < -0.39 is 29.2 Å². The second kappa shape index (κ2) is 7.27. The number of halogens is 2. The maximum absolute atomic E-state index is 13.0. The van der Waals surface area contributed by atoms with Gasteiger partial charge in [0.05, 0.1) is 6.04 Å². The molecule has 2 amide bonds. The summed E-state index contributed by atoms with van der Waals surface area (Å²) in [6.45, 7) is 1.60. The van der Waals surface area contributed by atoms with Crippen LogP contribution in [0.5, 0.6) is 0 Å². The van der Waals surface area contributed by atoms with Gasteiger partial charge in [-0.05, 0) is 36.8 Å². The summed E-state index contributed by atoms with van der Waals surface area (Å²) < 4.78 is 14.3. The van der Waals surface area contributed by atoms with Gasteiger partial charge in [0.2, 0.25) is 0 Å². The lowest BCUT2D eigenvalue weighted by Crippen LogP contribution is -2.38. The number of benzene rings is 1. The molecule has 0 saturated carbocycles. The predicted molar refractivity (Wildman–Crippen MR) is 88.3 cm³/mol. The number of nitrogens with one attached hydrogen (secondary N) is 2. The van der Waals surface area contributed by atoms with Crippen molar-refractivity contribution in [2.45, 2.75) is 13.0 Å². The maximum Gasteiger partial charge on any atom is 0.313 e. The van der Waals surface area contributed by atoms with E-state index in [2.05, 4.69) is 10.6 Å². The zero-order valence-corrected chi connectivity index (χ0v) is 13.7. The van der Waals surface area contributed by atoms with E-state index in [0.717, 1.165) is 6.07 Å². The quantitative estimate of drug-likeness (QED) is 0.830. The van der Waals surface area contributed by atoms with E-state index in [1.807, 2.05) is 0 Å². The first-order chi connectivity index (χ1) is 11.3. The van der Waals surface area contributed by atoms with Gasteiger partial charge < -0.3 is 15.2 Å². The standard InChI is InChI=1S/C16H15ClFN3O3/c1-9(11-6-5-10(18)8-12(11)17)19-14(22)15(23)20-13-4-3-7-21(2)16(13)24/h3-9H,1-2H3,(H,19,22)(H,20,23)/t9-/m0/s1. The molecule has 2 N–H and O–H groups in total. The molecule has 2 rings (SSSR count). The molecule has 0 aliphatic heterocycles. The Morgan fingerprint density at radius 1 is 1.25 bits per heavy atom. The monoisotopic (exact) mass is 351 g/mol. The molecule has 2 aromatic rings. The van der Waals surface area contributed by atoms with Crippen LogP contribution in [0.3, 0.4) is 0 Å². The molecule has 126 valence electrons. The van der Waals surface area contributed by atoms with Crippen LogP contribution in [-0.2, 0) is 16.6 Å². The number of amides is 2. The van der Waals surface area contributed by atoms with Crippen LogP contribution in [-0.4, -0.2) is 16.4 Å². The summed E-state index contributed by atoms with van der Waals surface area (Å²) in [5, 5.41) is 4.84. The summed E-state index contributed by atoms with van der Waals surface area (Å²) >= 11 is 5.92. The van der Waals surface area contributed by atoms with Crippen LogP contribution in [0.4, 0.5) is 10.1 Å². The third-order valence-electron chi connectivity index (χ3n) is 3.35. The number of rotatable bonds is 3. The van der Waals surface area contributed by atoms with Crippen LogP contribution < -0.4 is 16.2 Å². The molecule has 0 spiro atoms. The Balaban J connectivity index is 2.07. The number of pyridine rings is 1. The van der Waals surface area contributed by atoms with Gasteiger partial charge in [0.1, 0.15) is 11.5 Å². The number of hydrogen-bond acceptors (Lipinski definition) is 3. The number of carbonyl (C=O) groups is 2. The highest BCUT2D eigenvalue weighted by molar-refractivity contribution is 6.39.